The number of pyridine rings is 1. The third-order valence-corrected chi connectivity index (χ3v) is 1.24. The van der Waals surface area contributed by atoms with Crippen molar-refractivity contribution >= 4 is 12.5 Å². The highest BCUT2D eigenvalue weighted by atomic mass is 15.3. The quantitative estimate of drug-likeness (QED) is 0.483. The SMILES string of the molecule is C=NNCc1ccc(N)nc1. The van der Waals surface area contributed by atoms with Crippen molar-refractivity contribution in [2.75, 3.05) is 5.73 Å². The maximum atomic E-state index is 5.39. The van der Waals surface area contributed by atoms with Gasteiger partial charge in [-0.25, -0.2) is 4.98 Å². The minimum Gasteiger partial charge on any atom is -0.384 e. The molecule has 0 fully saturated rings. The first-order valence-electron chi connectivity index (χ1n) is 3.22. The summed E-state index contributed by atoms with van der Waals surface area (Å²) in [6, 6.07) is 3.64. The zero-order chi connectivity index (χ0) is 8.10. The Balaban J connectivity index is 2.58. The van der Waals surface area contributed by atoms with Gasteiger partial charge in [0.15, 0.2) is 0 Å². The molecule has 0 bridgehead atoms. The van der Waals surface area contributed by atoms with Crippen LogP contribution in [0.4, 0.5) is 5.82 Å². The standard InChI is InChI=1S/C7H10N4/c1-9-11-5-6-2-3-7(8)10-4-6/h2-4,11H,1,5H2,(H2,8,10). The van der Waals surface area contributed by atoms with E-state index in [-0.39, 0.29) is 0 Å². The minimum atomic E-state index is 0.528. The molecule has 0 amide bonds. The molecule has 4 heteroatoms. The molecule has 4 nitrogen and oxygen atoms in total. The van der Waals surface area contributed by atoms with Gasteiger partial charge < -0.3 is 11.2 Å². The second-order valence-corrected chi connectivity index (χ2v) is 2.08. The summed E-state index contributed by atoms with van der Waals surface area (Å²) in [5.41, 5.74) is 9.14. The Morgan fingerprint density at radius 3 is 3.00 bits per heavy atom. The fourth-order valence-electron chi connectivity index (χ4n) is 0.688. The average molecular weight is 150 g/mol. The third kappa shape index (κ3) is 2.25. The van der Waals surface area contributed by atoms with Crippen LogP contribution in [0.2, 0.25) is 0 Å². The van der Waals surface area contributed by atoms with Crippen LogP contribution >= 0.6 is 0 Å². The van der Waals surface area contributed by atoms with Crippen molar-refractivity contribution in [3.05, 3.63) is 23.9 Å². The Kier molecular flexibility index (Phi) is 2.43. The van der Waals surface area contributed by atoms with E-state index in [1.165, 1.54) is 0 Å². The van der Waals surface area contributed by atoms with Crippen LogP contribution in [0.3, 0.4) is 0 Å². The molecule has 0 aliphatic rings. The number of anilines is 1. The highest BCUT2D eigenvalue weighted by Gasteiger charge is 1.89. The van der Waals surface area contributed by atoms with Crippen LogP contribution in [-0.4, -0.2) is 11.7 Å². The number of nitrogen functional groups attached to an aromatic ring is 1. The van der Waals surface area contributed by atoms with Gasteiger partial charge in [-0.05, 0) is 11.6 Å². The summed E-state index contributed by atoms with van der Waals surface area (Å²) in [6.07, 6.45) is 1.70. The Bertz CT molecular complexity index is 229. The van der Waals surface area contributed by atoms with Crippen molar-refractivity contribution in [1.82, 2.24) is 10.4 Å². The number of nitrogens with zero attached hydrogens (tertiary/aromatic N) is 2. The molecule has 0 aromatic carbocycles. The second-order valence-electron chi connectivity index (χ2n) is 2.08. The molecule has 0 atom stereocenters. The fourth-order valence-corrected chi connectivity index (χ4v) is 0.688. The van der Waals surface area contributed by atoms with Crippen LogP contribution in [0.25, 0.3) is 0 Å². The molecule has 0 unspecified atom stereocenters. The first-order chi connectivity index (χ1) is 5.33. The van der Waals surface area contributed by atoms with E-state index in [0.717, 1.165) is 5.56 Å². The van der Waals surface area contributed by atoms with E-state index in [1.54, 1.807) is 12.3 Å². The fraction of sp³-hybridized carbons (Fsp3) is 0.143. The Morgan fingerprint density at radius 1 is 1.64 bits per heavy atom. The average Bonchev–Trinajstić information content (AvgIpc) is 2.04. The van der Waals surface area contributed by atoms with Gasteiger partial charge in [0, 0.05) is 12.9 Å². The number of hydrazone groups is 1. The second kappa shape index (κ2) is 3.55. The molecule has 3 N–H and O–H groups in total. The van der Waals surface area contributed by atoms with E-state index in [0.29, 0.717) is 12.4 Å². The largest absolute Gasteiger partial charge is 0.384 e. The Hall–Kier alpha value is -1.58. The van der Waals surface area contributed by atoms with Gasteiger partial charge in [0.1, 0.15) is 5.82 Å². The number of hydrogen-bond acceptors (Lipinski definition) is 4. The van der Waals surface area contributed by atoms with Crippen molar-refractivity contribution in [1.29, 1.82) is 0 Å². The summed E-state index contributed by atoms with van der Waals surface area (Å²) < 4.78 is 0. The van der Waals surface area contributed by atoms with Crippen molar-refractivity contribution in [3.63, 3.8) is 0 Å². The highest BCUT2D eigenvalue weighted by Crippen LogP contribution is 1.99. The van der Waals surface area contributed by atoms with Gasteiger partial charge >= 0.3 is 0 Å². The van der Waals surface area contributed by atoms with E-state index in [2.05, 4.69) is 22.2 Å². The Labute approximate surface area is 65.1 Å². The van der Waals surface area contributed by atoms with Crippen LogP contribution in [0.5, 0.6) is 0 Å². The summed E-state index contributed by atoms with van der Waals surface area (Å²) in [5, 5.41) is 3.49. The molecule has 1 aromatic heterocycles. The van der Waals surface area contributed by atoms with Gasteiger partial charge in [-0.1, -0.05) is 6.07 Å². The summed E-state index contributed by atoms with van der Waals surface area (Å²) in [4.78, 5) is 3.91. The van der Waals surface area contributed by atoms with E-state index in [1.807, 2.05) is 6.07 Å². The zero-order valence-electron chi connectivity index (χ0n) is 6.12. The monoisotopic (exact) mass is 150 g/mol. The number of nitrogens with one attached hydrogen (secondary N) is 1. The molecule has 0 saturated heterocycles. The lowest BCUT2D eigenvalue weighted by Crippen LogP contribution is -2.04. The van der Waals surface area contributed by atoms with E-state index in [4.69, 9.17) is 5.73 Å². The molecule has 1 rings (SSSR count). The number of hydrogen-bond donors (Lipinski definition) is 2. The molecule has 0 spiro atoms. The molecule has 0 aliphatic heterocycles. The maximum Gasteiger partial charge on any atom is 0.123 e. The summed E-state index contributed by atoms with van der Waals surface area (Å²) >= 11 is 0. The first-order valence-corrected chi connectivity index (χ1v) is 3.22. The number of rotatable bonds is 3. The van der Waals surface area contributed by atoms with Gasteiger partial charge in [0.05, 0.1) is 6.54 Å². The topological polar surface area (TPSA) is 63.3 Å². The van der Waals surface area contributed by atoms with E-state index in [9.17, 15) is 0 Å². The normalized spacial score (nSPS) is 9.09. The van der Waals surface area contributed by atoms with E-state index >= 15 is 0 Å². The molecule has 0 saturated carbocycles. The van der Waals surface area contributed by atoms with Crippen molar-refractivity contribution in [3.8, 4) is 0 Å². The minimum absolute atomic E-state index is 0.528. The first kappa shape index (κ1) is 7.53. The van der Waals surface area contributed by atoms with Crippen molar-refractivity contribution in [2.24, 2.45) is 5.10 Å². The molecule has 0 aliphatic carbocycles. The van der Waals surface area contributed by atoms with Gasteiger partial charge in [-0.3, -0.25) is 0 Å². The molecule has 58 valence electrons. The number of nitrogens with two attached hydrogens (primary N) is 1. The lowest BCUT2D eigenvalue weighted by atomic mass is 10.3. The van der Waals surface area contributed by atoms with Crippen LogP contribution in [0.15, 0.2) is 23.4 Å². The summed E-state index contributed by atoms with van der Waals surface area (Å²) in [6.45, 7) is 3.92. The van der Waals surface area contributed by atoms with Crippen LogP contribution < -0.4 is 11.2 Å². The number of aromatic nitrogens is 1. The van der Waals surface area contributed by atoms with Crippen LogP contribution in [0, 0.1) is 0 Å². The van der Waals surface area contributed by atoms with Crippen molar-refractivity contribution in [2.45, 2.75) is 6.54 Å². The highest BCUT2D eigenvalue weighted by molar-refractivity contribution is 5.29. The van der Waals surface area contributed by atoms with Gasteiger partial charge in [-0.2, -0.15) is 5.10 Å². The summed E-state index contributed by atoms with van der Waals surface area (Å²) in [5.74, 6) is 0.528. The Morgan fingerprint density at radius 2 is 2.45 bits per heavy atom. The molecular weight excluding hydrogens is 140 g/mol. The lowest BCUT2D eigenvalue weighted by Gasteiger charge is -1.98. The predicted molar refractivity (Wildman–Crippen MR) is 45.0 cm³/mol. The molecule has 1 aromatic rings. The van der Waals surface area contributed by atoms with Crippen molar-refractivity contribution < 1.29 is 0 Å². The van der Waals surface area contributed by atoms with E-state index < -0.39 is 0 Å². The van der Waals surface area contributed by atoms with Gasteiger partial charge in [0.2, 0.25) is 0 Å². The van der Waals surface area contributed by atoms with Crippen LogP contribution in [-0.2, 0) is 6.54 Å². The predicted octanol–water partition coefficient (Wildman–Crippen LogP) is 0.369. The molecular formula is C7H10N4. The third-order valence-electron chi connectivity index (χ3n) is 1.24. The maximum absolute atomic E-state index is 5.39. The molecule has 11 heavy (non-hydrogen) atoms. The summed E-state index contributed by atoms with van der Waals surface area (Å²) in [7, 11) is 0. The molecule has 1 heterocycles. The zero-order valence-corrected chi connectivity index (χ0v) is 6.12. The molecule has 0 radical (unpaired) electrons. The van der Waals surface area contributed by atoms with Gasteiger partial charge in [0.25, 0.3) is 0 Å². The van der Waals surface area contributed by atoms with Crippen LogP contribution in [0.1, 0.15) is 5.56 Å². The van der Waals surface area contributed by atoms with Gasteiger partial charge in [-0.15, -0.1) is 0 Å². The smallest absolute Gasteiger partial charge is 0.123 e. The lowest BCUT2D eigenvalue weighted by molar-refractivity contribution is 0.748.